The Morgan fingerprint density at radius 3 is 2.37 bits per heavy atom. The van der Waals surface area contributed by atoms with Gasteiger partial charge in [-0.05, 0) is 45.8 Å². The summed E-state index contributed by atoms with van der Waals surface area (Å²) in [4.78, 5) is 12.0. The van der Waals surface area contributed by atoms with Crippen LogP contribution in [0.5, 0.6) is 0 Å². The van der Waals surface area contributed by atoms with Gasteiger partial charge in [0.15, 0.2) is 5.78 Å². The molecule has 0 amide bonds. The molecule has 0 N–H and O–H groups in total. The Kier molecular flexibility index (Phi) is 4.47. The van der Waals surface area contributed by atoms with Crippen molar-refractivity contribution in [3.8, 4) is 0 Å². The molecule has 5 heteroatoms. The fourth-order valence-corrected chi connectivity index (χ4v) is 2.19. The average Bonchev–Trinajstić information content (AvgIpc) is 2.36. The number of rotatable bonds is 3. The van der Waals surface area contributed by atoms with E-state index in [0.29, 0.717) is 8.95 Å². The molecular weight excluding hydrogens is 382 g/mol. The van der Waals surface area contributed by atoms with Gasteiger partial charge in [-0.1, -0.05) is 28.1 Å². The molecule has 98 valence electrons. The fraction of sp³-hybridized carbons (Fsp3) is 0.0714. The second-order valence-corrected chi connectivity index (χ2v) is 5.73. The van der Waals surface area contributed by atoms with Crippen molar-refractivity contribution in [3.63, 3.8) is 0 Å². The highest BCUT2D eigenvalue weighted by Crippen LogP contribution is 2.20. The van der Waals surface area contributed by atoms with Crippen LogP contribution in [0, 0.1) is 11.6 Å². The highest BCUT2D eigenvalue weighted by atomic mass is 79.9. The van der Waals surface area contributed by atoms with E-state index in [4.69, 9.17) is 0 Å². The van der Waals surface area contributed by atoms with Gasteiger partial charge in [0, 0.05) is 16.5 Å². The van der Waals surface area contributed by atoms with Crippen molar-refractivity contribution in [3.05, 3.63) is 68.1 Å². The largest absolute Gasteiger partial charge is 0.294 e. The molecule has 0 aromatic heterocycles. The topological polar surface area (TPSA) is 17.1 Å². The summed E-state index contributed by atoms with van der Waals surface area (Å²) in [6.07, 6.45) is -0.0970. The van der Waals surface area contributed by atoms with Gasteiger partial charge in [-0.15, -0.1) is 0 Å². The highest BCUT2D eigenvalue weighted by molar-refractivity contribution is 9.10. The zero-order valence-electron chi connectivity index (χ0n) is 9.59. The molecule has 0 saturated heterocycles. The highest BCUT2D eigenvalue weighted by Gasteiger charge is 2.12. The van der Waals surface area contributed by atoms with E-state index in [1.807, 2.05) is 0 Å². The number of ketones is 1. The van der Waals surface area contributed by atoms with Crippen LogP contribution < -0.4 is 0 Å². The fourth-order valence-electron chi connectivity index (χ4n) is 1.61. The Hall–Kier alpha value is -1.07. The summed E-state index contributed by atoms with van der Waals surface area (Å²) in [5.41, 5.74) is 0.513. The lowest BCUT2D eigenvalue weighted by atomic mass is 10.0. The minimum absolute atomic E-state index is 0.0970. The summed E-state index contributed by atoms with van der Waals surface area (Å²) in [5.74, 6) is -1.30. The number of carbonyl (C=O) groups is 1. The minimum Gasteiger partial charge on any atom is -0.294 e. The summed E-state index contributed by atoms with van der Waals surface area (Å²) in [7, 11) is 0. The first-order valence-electron chi connectivity index (χ1n) is 5.39. The molecule has 0 aliphatic rings. The summed E-state index contributed by atoms with van der Waals surface area (Å²) in [6, 6.07) is 8.60. The van der Waals surface area contributed by atoms with Gasteiger partial charge in [0.05, 0.1) is 4.47 Å². The van der Waals surface area contributed by atoms with Crippen molar-refractivity contribution in [2.45, 2.75) is 6.42 Å². The van der Waals surface area contributed by atoms with Crippen molar-refractivity contribution < 1.29 is 13.6 Å². The lowest BCUT2D eigenvalue weighted by molar-refractivity contribution is 0.0991. The molecule has 0 spiro atoms. The van der Waals surface area contributed by atoms with E-state index in [1.165, 1.54) is 24.3 Å². The normalized spacial score (nSPS) is 10.5. The first kappa shape index (κ1) is 14.3. The number of hydrogen-bond acceptors (Lipinski definition) is 1. The van der Waals surface area contributed by atoms with Gasteiger partial charge in [0.2, 0.25) is 0 Å². The van der Waals surface area contributed by atoms with Gasteiger partial charge in [0.25, 0.3) is 0 Å². The summed E-state index contributed by atoms with van der Waals surface area (Å²) >= 11 is 6.16. The number of hydrogen-bond donors (Lipinski definition) is 0. The van der Waals surface area contributed by atoms with E-state index >= 15 is 0 Å². The van der Waals surface area contributed by atoms with E-state index < -0.39 is 11.6 Å². The number of benzene rings is 2. The molecule has 0 fully saturated rings. The Labute approximate surface area is 125 Å². The van der Waals surface area contributed by atoms with Crippen molar-refractivity contribution in [1.82, 2.24) is 0 Å². The molecule has 2 aromatic carbocycles. The van der Waals surface area contributed by atoms with Crippen molar-refractivity contribution >= 4 is 37.6 Å². The minimum atomic E-state index is -0.512. The second kappa shape index (κ2) is 5.92. The zero-order valence-corrected chi connectivity index (χ0v) is 12.8. The van der Waals surface area contributed by atoms with Crippen LogP contribution >= 0.6 is 31.9 Å². The van der Waals surface area contributed by atoms with Crippen molar-refractivity contribution in [2.24, 2.45) is 0 Å². The molecule has 0 atom stereocenters. The Morgan fingerprint density at radius 1 is 1.00 bits per heavy atom. The van der Waals surface area contributed by atoms with E-state index in [0.717, 1.165) is 6.07 Å². The lowest BCUT2D eigenvalue weighted by Crippen LogP contribution is -2.05. The Balaban J connectivity index is 2.23. The first-order chi connectivity index (χ1) is 8.97. The summed E-state index contributed by atoms with van der Waals surface area (Å²) in [5, 5.41) is 0. The van der Waals surface area contributed by atoms with Gasteiger partial charge in [0.1, 0.15) is 11.6 Å². The summed E-state index contributed by atoms with van der Waals surface area (Å²) < 4.78 is 27.8. The third-order valence-corrected chi connectivity index (χ3v) is 3.74. The zero-order chi connectivity index (χ0) is 14.0. The third kappa shape index (κ3) is 3.48. The molecule has 1 nitrogen and oxygen atoms in total. The van der Waals surface area contributed by atoms with E-state index in [1.54, 1.807) is 6.07 Å². The molecule has 0 heterocycles. The molecule has 0 saturated carbocycles. The third-order valence-electron chi connectivity index (χ3n) is 2.61. The van der Waals surface area contributed by atoms with Crippen LogP contribution in [0.1, 0.15) is 15.9 Å². The molecule has 19 heavy (non-hydrogen) atoms. The smallest absolute Gasteiger partial charge is 0.167 e. The molecule has 0 aliphatic heterocycles. The molecule has 0 aliphatic carbocycles. The second-order valence-electron chi connectivity index (χ2n) is 3.96. The number of carbonyl (C=O) groups excluding carboxylic acids is 1. The van der Waals surface area contributed by atoms with Gasteiger partial charge in [-0.2, -0.15) is 0 Å². The van der Waals surface area contributed by atoms with Crippen molar-refractivity contribution in [1.29, 1.82) is 0 Å². The predicted molar refractivity (Wildman–Crippen MR) is 76.2 cm³/mol. The van der Waals surface area contributed by atoms with Crippen LogP contribution in [0.25, 0.3) is 0 Å². The summed E-state index contributed by atoms with van der Waals surface area (Å²) in [6.45, 7) is 0. The van der Waals surface area contributed by atoms with Crippen molar-refractivity contribution in [2.75, 3.05) is 0 Å². The monoisotopic (exact) mass is 388 g/mol. The number of halogens is 4. The van der Waals surface area contributed by atoms with E-state index in [2.05, 4.69) is 31.9 Å². The lowest BCUT2D eigenvalue weighted by Gasteiger charge is -2.04. The molecule has 2 aromatic rings. The van der Waals surface area contributed by atoms with Crippen LogP contribution in [0.4, 0.5) is 8.78 Å². The van der Waals surface area contributed by atoms with Crippen LogP contribution in [0.3, 0.4) is 0 Å². The Bertz CT molecular complexity index is 641. The Morgan fingerprint density at radius 2 is 1.74 bits per heavy atom. The van der Waals surface area contributed by atoms with Crippen LogP contribution in [-0.2, 0) is 6.42 Å². The molecule has 0 radical (unpaired) electrons. The van der Waals surface area contributed by atoms with Gasteiger partial charge in [-0.25, -0.2) is 8.78 Å². The van der Waals surface area contributed by atoms with Gasteiger partial charge in [-0.3, -0.25) is 4.79 Å². The van der Waals surface area contributed by atoms with Crippen LogP contribution in [0.15, 0.2) is 45.3 Å². The maximum absolute atomic E-state index is 13.6. The standard InChI is InChI=1S/C14H8Br2F2O/c15-10-3-1-8(12(17)7-10)6-14(19)9-2-4-11(16)13(18)5-9/h1-5,7H,6H2. The van der Waals surface area contributed by atoms with Crippen LogP contribution in [-0.4, -0.2) is 5.78 Å². The molecule has 0 bridgehead atoms. The van der Waals surface area contributed by atoms with E-state index in [-0.39, 0.29) is 23.3 Å². The average molecular weight is 390 g/mol. The van der Waals surface area contributed by atoms with Gasteiger partial charge >= 0.3 is 0 Å². The molecule has 0 unspecified atom stereocenters. The maximum Gasteiger partial charge on any atom is 0.167 e. The molecular formula is C14H8Br2F2O. The predicted octanol–water partition coefficient (Wildman–Crippen LogP) is 4.92. The quantitative estimate of drug-likeness (QED) is 0.681. The SMILES string of the molecule is O=C(Cc1ccc(Br)cc1F)c1ccc(Br)c(F)c1. The number of Topliss-reactive ketones (excluding diaryl/α,β-unsaturated/α-hetero) is 1. The van der Waals surface area contributed by atoms with E-state index in [9.17, 15) is 13.6 Å². The first-order valence-corrected chi connectivity index (χ1v) is 6.98. The molecule has 2 rings (SSSR count). The van der Waals surface area contributed by atoms with Gasteiger partial charge < -0.3 is 0 Å². The van der Waals surface area contributed by atoms with Crippen LogP contribution in [0.2, 0.25) is 0 Å². The maximum atomic E-state index is 13.6.